The van der Waals surface area contributed by atoms with Gasteiger partial charge in [0.2, 0.25) is 0 Å². The van der Waals surface area contributed by atoms with Gasteiger partial charge in [-0.25, -0.2) is 4.79 Å². The van der Waals surface area contributed by atoms with Gasteiger partial charge < -0.3 is 9.84 Å². The third kappa shape index (κ3) is 10.7. The van der Waals surface area contributed by atoms with Gasteiger partial charge in [-0.15, -0.1) is 0 Å². The van der Waals surface area contributed by atoms with Crippen LogP contribution in [0, 0.1) is 0 Å². The minimum absolute atomic E-state index is 0.410. The normalized spacial score (nSPS) is 10.5. The van der Waals surface area contributed by atoms with Gasteiger partial charge in [0, 0.05) is 6.08 Å². The van der Waals surface area contributed by atoms with Crippen LogP contribution >= 0.6 is 0 Å². The summed E-state index contributed by atoms with van der Waals surface area (Å²) in [5, 5.41) is 8.35. The number of aliphatic carboxylic acids is 1. The molecule has 0 aliphatic heterocycles. The summed E-state index contributed by atoms with van der Waals surface area (Å²) in [5.41, 5.74) is 0. The third-order valence-electron chi connectivity index (χ3n) is 1.95. The molecule has 0 spiro atoms. The van der Waals surface area contributed by atoms with Crippen LogP contribution in [0.2, 0.25) is 0 Å². The minimum atomic E-state index is -0.984. The quantitative estimate of drug-likeness (QED) is 0.276. The first kappa shape index (κ1) is 13.8. The lowest BCUT2D eigenvalue weighted by Crippen LogP contribution is -1.93. The molecule has 86 valence electrons. The van der Waals surface area contributed by atoms with Crippen LogP contribution in [0.3, 0.4) is 0 Å². The van der Waals surface area contributed by atoms with Gasteiger partial charge in [-0.1, -0.05) is 39.2 Å². The second-order valence-corrected chi connectivity index (χ2v) is 3.40. The number of carbonyl (C=O) groups is 1. The highest BCUT2D eigenvalue weighted by Gasteiger charge is 1.92. The maximum atomic E-state index is 10.2. The molecule has 0 aromatic heterocycles. The van der Waals surface area contributed by atoms with Crippen molar-refractivity contribution < 1.29 is 14.6 Å². The van der Waals surface area contributed by atoms with Crippen molar-refractivity contribution in [1.82, 2.24) is 0 Å². The van der Waals surface area contributed by atoms with E-state index in [4.69, 9.17) is 9.84 Å². The SMILES string of the molecule is C=C(/C=C\C(=O)O)OCCCCCCC. The molecule has 3 heteroatoms. The van der Waals surface area contributed by atoms with Crippen molar-refractivity contribution in [2.45, 2.75) is 39.0 Å². The number of carboxylic acid groups (broad SMARTS) is 1. The number of ether oxygens (including phenoxy) is 1. The molecule has 3 nitrogen and oxygen atoms in total. The number of hydrogen-bond acceptors (Lipinski definition) is 2. The Bertz CT molecular complexity index is 219. The summed E-state index contributed by atoms with van der Waals surface area (Å²) in [7, 11) is 0. The number of carboxylic acids is 1. The zero-order chi connectivity index (χ0) is 11.5. The molecular formula is C12H20O3. The lowest BCUT2D eigenvalue weighted by molar-refractivity contribution is -0.131. The largest absolute Gasteiger partial charge is 0.494 e. The maximum Gasteiger partial charge on any atom is 0.328 e. The van der Waals surface area contributed by atoms with Gasteiger partial charge in [-0.3, -0.25) is 0 Å². The second-order valence-electron chi connectivity index (χ2n) is 3.40. The van der Waals surface area contributed by atoms with E-state index in [-0.39, 0.29) is 0 Å². The summed E-state index contributed by atoms with van der Waals surface area (Å²) in [6.45, 7) is 6.38. The Balaban J connectivity index is 3.35. The van der Waals surface area contributed by atoms with Gasteiger partial charge >= 0.3 is 5.97 Å². The van der Waals surface area contributed by atoms with Crippen LogP contribution in [0.5, 0.6) is 0 Å². The molecule has 0 unspecified atom stereocenters. The molecule has 0 atom stereocenters. The van der Waals surface area contributed by atoms with E-state index in [1.54, 1.807) is 0 Å². The van der Waals surface area contributed by atoms with Gasteiger partial charge in [0.25, 0.3) is 0 Å². The molecule has 0 radical (unpaired) electrons. The minimum Gasteiger partial charge on any atom is -0.494 e. The van der Waals surface area contributed by atoms with Crippen molar-refractivity contribution in [3.63, 3.8) is 0 Å². The lowest BCUT2D eigenvalue weighted by Gasteiger charge is -2.04. The molecule has 15 heavy (non-hydrogen) atoms. The first-order valence-electron chi connectivity index (χ1n) is 5.39. The molecule has 1 N–H and O–H groups in total. The van der Waals surface area contributed by atoms with Gasteiger partial charge in [0.1, 0.15) is 5.76 Å². The Hall–Kier alpha value is -1.25. The van der Waals surface area contributed by atoms with Crippen LogP contribution in [0.15, 0.2) is 24.5 Å². The fourth-order valence-corrected chi connectivity index (χ4v) is 1.12. The van der Waals surface area contributed by atoms with Crippen molar-refractivity contribution >= 4 is 5.97 Å². The van der Waals surface area contributed by atoms with Crippen LogP contribution in [-0.4, -0.2) is 17.7 Å². The molecule has 0 aromatic rings. The van der Waals surface area contributed by atoms with Crippen LogP contribution in [0.1, 0.15) is 39.0 Å². The molecule has 0 aliphatic rings. The molecule has 0 saturated heterocycles. The average molecular weight is 212 g/mol. The summed E-state index contributed by atoms with van der Waals surface area (Å²) < 4.78 is 5.23. The molecule has 0 heterocycles. The molecule has 0 aromatic carbocycles. The summed E-state index contributed by atoms with van der Waals surface area (Å²) in [6.07, 6.45) is 8.28. The van der Waals surface area contributed by atoms with Gasteiger partial charge in [-0.05, 0) is 12.5 Å². The lowest BCUT2D eigenvalue weighted by atomic mass is 10.2. The molecule has 0 saturated carbocycles. The van der Waals surface area contributed by atoms with Crippen molar-refractivity contribution in [3.8, 4) is 0 Å². The molecule has 0 fully saturated rings. The number of allylic oxidation sites excluding steroid dienone is 1. The van der Waals surface area contributed by atoms with E-state index in [9.17, 15) is 4.79 Å². The molecule has 0 rings (SSSR count). The summed E-state index contributed by atoms with van der Waals surface area (Å²) >= 11 is 0. The Kier molecular flexibility index (Phi) is 8.53. The predicted octanol–water partition coefficient (Wildman–Crippen LogP) is 3.13. The van der Waals surface area contributed by atoms with Gasteiger partial charge in [0.15, 0.2) is 0 Å². The maximum absolute atomic E-state index is 10.2. The highest BCUT2D eigenvalue weighted by molar-refractivity contribution is 5.80. The molecule has 0 amide bonds. The van der Waals surface area contributed by atoms with Crippen molar-refractivity contribution in [1.29, 1.82) is 0 Å². The zero-order valence-electron chi connectivity index (χ0n) is 9.37. The Morgan fingerprint density at radius 2 is 1.93 bits per heavy atom. The second kappa shape index (κ2) is 9.31. The number of rotatable bonds is 9. The third-order valence-corrected chi connectivity index (χ3v) is 1.95. The van der Waals surface area contributed by atoms with Crippen molar-refractivity contribution in [2.24, 2.45) is 0 Å². The van der Waals surface area contributed by atoms with E-state index in [1.165, 1.54) is 25.3 Å². The van der Waals surface area contributed by atoms with E-state index in [1.807, 2.05) is 0 Å². The summed E-state index contributed by atoms with van der Waals surface area (Å²) in [4.78, 5) is 10.2. The average Bonchev–Trinajstić information content (AvgIpc) is 2.20. The smallest absolute Gasteiger partial charge is 0.328 e. The van der Waals surface area contributed by atoms with Gasteiger partial charge in [0.05, 0.1) is 6.61 Å². The van der Waals surface area contributed by atoms with E-state index in [0.717, 1.165) is 18.9 Å². The summed E-state index contributed by atoms with van der Waals surface area (Å²) in [5.74, 6) is -0.574. The fraction of sp³-hybridized carbons (Fsp3) is 0.583. The molecular weight excluding hydrogens is 192 g/mol. The summed E-state index contributed by atoms with van der Waals surface area (Å²) in [6, 6.07) is 0. The van der Waals surface area contributed by atoms with Crippen LogP contribution in [0.25, 0.3) is 0 Å². The van der Waals surface area contributed by atoms with E-state index < -0.39 is 5.97 Å². The van der Waals surface area contributed by atoms with Crippen molar-refractivity contribution in [2.75, 3.05) is 6.61 Å². The van der Waals surface area contributed by atoms with Crippen LogP contribution < -0.4 is 0 Å². The molecule has 0 bridgehead atoms. The van der Waals surface area contributed by atoms with Crippen LogP contribution in [-0.2, 0) is 9.53 Å². The first-order valence-corrected chi connectivity index (χ1v) is 5.39. The predicted molar refractivity (Wildman–Crippen MR) is 60.6 cm³/mol. The first-order chi connectivity index (χ1) is 7.16. The monoisotopic (exact) mass is 212 g/mol. The van der Waals surface area contributed by atoms with E-state index >= 15 is 0 Å². The molecule has 0 aliphatic carbocycles. The standard InChI is InChI=1S/C12H20O3/c1-3-4-5-6-7-10-15-11(2)8-9-12(13)14/h8-9H,2-7,10H2,1H3,(H,13,14)/b9-8-. The number of hydrogen-bond donors (Lipinski definition) is 1. The Labute approximate surface area is 91.4 Å². The van der Waals surface area contributed by atoms with E-state index in [2.05, 4.69) is 13.5 Å². The zero-order valence-corrected chi connectivity index (χ0v) is 9.37. The van der Waals surface area contributed by atoms with Crippen LogP contribution in [0.4, 0.5) is 0 Å². The van der Waals surface area contributed by atoms with Crippen molar-refractivity contribution in [3.05, 3.63) is 24.5 Å². The Morgan fingerprint density at radius 3 is 2.53 bits per heavy atom. The van der Waals surface area contributed by atoms with E-state index in [0.29, 0.717) is 12.4 Å². The highest BCUT2D eigenvalue weighted by atomic mass is 16.5. The highest BCUT2D eigenvalue weighted by Crippen LogP contribution is 2.04. The topological polar surface area (TPSA) is 46.5 Å². The fourth-order valence-electron chi connectivity index (χ4n) is 1.12. The Morgan fingerprint density at radius 1 is 1.27 bits per heavy atom. The van der Waals surface area contributed by atoms with Gasteiger partial charge in [-0.2, -0.15) is 0 Å². The number of unbranched alkanes of at least 4 members (excludes halogenated alkanes) is 4.